The number of benzene rings is 2. The molecule has 6 nitrogen and oxygen atoms in total. The lowest BCUT2D eigenvalue weighted by Crippen LogP contribution is -2.38. The molecule has 160 valence electrons. The SMILES string of the molecule is CCc1ccc(-c2ccc(C(=O)NCCN(O)C(=O)CC3CCNCC3)cc2)cc1. The summed E-state index contributed by atoms with van der Waals surface area (Å²) in [5, 5.41) is 16.7. The quantitative estimate of drug-likeness (QED) is 0.462. The monoisotopic (exact) mass is 409 g/mol. The van der Waals surface area contributed by atoms with Crippen LogP contribution in [0.4, 0.5) is 0 Å². The van der Waals surface area contributed by atoms with Crippen LogP contribution in [0, 0.1) is 5.92 Å². The topological polar surface area (TPSA) is 81.7 Å². The molecular weight excluding hydrogens is 378 g/mol. The molecule has 0 aliphatic carbocycles. The smallest absolute Gasteiger partial charge is 0.251 e. The number of hydroxylamine groups is 2. The van der Waals surface area contributed by atoms with E-state index in [4.69, 9.17) is 0 Å². The van der Waals surface area contributed by atoms with Crippen molar-refractivity contribution in [3.8, 4) is 11.1 Å². The summed E-state index contributed by atoms with van der Waals surface area (Å²) in [6, 6.07) is 15.8. The van der Waals surface area contributed by atoms with Gasteiger partial charge in [0.1, 0.15) is 0 Å². The first-order valence-electron chi connectivity index (χ1n) is 10.7. The van der Waals surface area contributed by atoms with Crippen molar-refractivity contribution in [2.45, 2.75) is 32.6 Å². The molecule has 2 aromatic rings. The number of hydrogen-bond acceptors (Lipinski definition) is 4. The molecule has 0 radical (unpaired) electrons. The van der Waals surface area contributed by atoms with Gasteiger partial charge >= 0.3 is 0 Å². The van der Waals surface area contributed by atoms with Gasteiger partial charge in [0.05, 0.1) is 6.54 Å². The number of hydrogen-bond donors (Lipinski definition) is 3. The highest BCUT2D eigenvalue weighted by atomic mass is 16.5. The molecule has 0 aromatic heterocycles. The molecule has 1 aliphatic rings. The van der Waals surface area contributed by atoms with Crippen LogP contribution in [0.2, 0.25) is 0 Å². The molecule has 0 spiro atoms. The van der Waals surface area contributed by atoms with E-state index in [-0.39, 0.29) is 24.9 Å². The number of rotatable bonds is 8. The number of carbonyl (C=O) groups excluding carboxylic acids is 2. The standard InChI is InChI=1S/C24H31N3O3/c1-2-18-3-5-20(6-4-18)21-7-9-22(10-8-21)24(29)26-15-16-27(30)23(28)17-19-11-13-25-14-12-19/h3-10,19,25,30H,2,11-17H2,1H3,(H,26,29). The zero-order chi connectivity index (χ0) is 21.3. The van der Waals surface area contributed by atoms with Gasteiger partial charge in [-0.05, 0) is 67.1 Å². The van der Waals surface area contributed by atoms with Gasteiger partial charge in [-0.25, -0.2) is 5.06 Å². The number of nitrogens with one attached hydrogen (secondary N) is 2. The van der Waals surface area contributed by atoms with Crippen LogP contribution in [0.5, 0.6) is 0 Å². The summed E-state index contributed by atoms with van der Waals surface area (Å²) >= 11 is 0. The summed E-state index contributed by atoms with van der Waals surface area (Å²) in [5.74, 6) is -0.184. The first-order valence-corrected chi connectivity index (χ1v) is 10.7. The molecule has 0 bridgehead atoms. The Morgan fingerprint density at radius 2 is 1.63 bits per heavy atom. The van der Waals surface area contributed by atoms with E-state index in [9.17, 15) is 14.8 Å². The third kappa shape index (κ3) is 6.15. The van der Waals surface area contributed by atoms with Gasteiger partial charge in [0.2, 0.25) is 5.91 Å². The number of amides is 2. The Labute approximate surface area is 178 Å². The van der Waals surface area contributed by atoms with Crippen molar-refractivity contribution < 1.29 is 14.8 Å². The number of piperidine rings is 1. The Morgan fingerprint density at radius 1 is 1.03 bits per heavy atom. The molecule has 3 N–H and O–H groups in total. The van der Waals surface area contributed by atoms with E-state index in [1.54, 1.807) is 12.1 Å². The van der Waals surface area contributed by atoms with E-state index < -0.39 is 0 Å². The van der Waals surface area contributed by atoms with Crippen LogP contribution in [0.3, 0.4) is 0 Å². The predicted molar refractivity (Wildman–Crippen MR) is 117 cm³/mol. The summed E-state index contributed by atoms with van der Waals surface area (Å²) in [5.41, 5.74) is 4.01. The van der Waals surface area contributed by atoms with Crippen molar-refractivity contribution in [1.29, 1.82) is 0 Å². The summed E-state index contributed by atoms with van der Waals surface area (Å²) in [6.07, 6.45) is 3.27. The van der Waals surface area contributed by atoms with Gasteiger partial charge in [-0.15, -0.1) is 0 Å². The minimum Gasteiger partial charge on any atom is -0.350 e. The Bertz CT molecular complexity index is 828. The second-order valence-electron chi connectivity index (χ2n) is 7.80. The number of aryl methyl sites for hydroxylation is 1. The van der Waals surface area contributed by atoms with Gasteiger partial charge in [-0.1, -0.05) is 43.3 Å². The third-order valence-corrected chi connectivity index (χ3v) is 5.66. The van der Waals surface area contributed by atoms with Crippen LogP contribution in [-0.4, -0.2) is 48.3 Å². The van der Waals surface area contributed by atoms with Gasteiger partial charge < -0.3 is 10.6 Å². The van der Waals surface area contributed by atoms with Gasteiger partial charge in [-0.3, -0.25) is 14.8 Å². The molecule has 1 heterocycles. The minimum atomic E-state index is -0.283. The maximum Gasteiger partial charge on any atom is 0.251 e. The van der Waals surface area contributed by atoms with Gasteiger partial charge in [-0.2, -0.15) is 0 Å². The van der Waals surface area contributed by atoms with E-state index in [0.29, 0.717) is 17.9 Å². The Balaban J connectivity index is 1.44. The first kappa shape index (κ1) is 22.0. The van der Waals surface area contributed by atoms with Crippen LogP contribution in [0.15, 0.2) is 48.5 Å². The summed E-state index contributed by atoms with van der Waals surface area (Å²) < 4.78 is 0. The van der Waals surface area contributed by atoms with Gasteiger partial charge in [0.25, 0.3) is 5.91 Å². The maximum absolute atomic E-state index is 12.3. The molecule has 2 aromatic carbocycles. The largest absolute Gasteiger partial charge is 0.350 e. The molecule has 0 unspecified atom stereocenters. The van der Waals surface area contributed by atoms with Gasteiger partial charge in [0.15, 0.2) is 0 Å². The highest BCUT2D eigenvalue weighted by molar-refractivity contribution is 5.94. The first-order chi connectivity index (χ1) is 14.6. The van der Waals surface area contributed by atoms with E-state index in [0.717, 1.165) is 48.5 Å². The predicted octanol–water partition coefficient (Wildman–Crippen LogP) is 3.25. The molecule has 30 heavy (non-hydrogen) atoms. The second kappa shape index (κ2) is 10.9. The van der Waals surface area contributed by atoms with E-state index in [2.05, 4.69) is 41.8 Å². The van der Waals surface area contributed by atoms with Crippen molar-refractivity contribution >= 4 is 11.8 Å². The zero-order valence-electron chi connectivity index (χ0n) is 17.6. The lowest BCUT2D eigenvalue weighted by Gasteiger charge is -2.24. The van der Waals surface area contributed by atoms with E-state index >= 15 is 0 Å². The van der Waals surface area contributed by atoms with Crippen LogP contribution < -0.4 is 10.6 Å². The third-order valence-electron chi connectivity index (χ3n) is 5.66. The normalized spacial score (nSPS) is 14.3. The van der Waals surface area contributed by atoms with E-state index in [1.807, 2.05) is 12.1 Å². The van der Waals surface area contributed by atoms with Crippen molar-refractivity contribution in [3.05, 3.63) is 59.7 Å². The Kier molecular flexibility index (Phi) is 7.99. The zero-order valence-corrected chi connectivity index (χ0v) is 17.6. The molecule has 0 saturated carbocycles. The molecule has 1 aliphatic heterocycles. The average Bonchev–Trinajstić information content (AvgIpc) is 2.79. The van der Waals surface area contributed by atoms with Gasteiger partial charge in [0, 0.05) is 18.5 Å². The fraction of sp³-hybridized carbons (Fsp3) is 0.417. The molecule has 3 rings (SSSR count). The van der Waals surface area contributed by atoms with Crippen LogP contribution in [-0.2, 0) is 11.2 Å². The summed E-state index contributed by atoms with van der Waals surface area (Å²) in [6.45, 7) is 4.25. The van der Waals surface area contributed by atoms with Crippen molar-refractivity contribution in [2.24, 2.45) is 5.92 Å². The van der Waals surface area contributed by atoms with Crippen LogP contribution in [0.25, 0.3) is 11.1 Å². The molecule has 1 fully saturated rings. The van der Waals surface area contributed by atoms with Crippen molar-refractivity contribution in [2.75, 3.05) is 26.2 Å². The lowest BCUT2D eigenvalue weighted by molar-refractivity contribution is -0.166. The highest BCUT2D eigenvalue weighted by Gasteiger charge is 2.20. The molecule has 6 heteroatoms. The minimum absolute atomic E-state index is 0.0808. The Hall–Kier alpha value is -2.70. The van der Waals surface area contributed by atoms with Crippen LogP contribution >= 0.6 is 0 Å². The number of nitrogens with zero attached hydrogens (tertiary/aromatic N) is 1. The van der Waals surface area contributed by atoms with Crippen molar-refractivity contribution in [3.63, 3.8) is 0 Å². The molecule has 1 saturated heterocycles. The highest BCUT2D eigenvalue weighted by Crippen LogP contribution is 2.21. The molecule has 0 atom stereocenters. The Morgan fingerprint density at radius 3 is 2.23 bits per heavy atom. The van der Waals surface area contributed by atoms with Crippen LogP contribution in [0.1, 0.15) is 42.1 Å². The summed E-state index contributed by atoms with van der Waals surface area (Å²) in [7, 11) is 0. The average molecular weight is 410 g/mol. The van der Waals surface area contributed by atoms with Crippen molar-refractivity contribution in [1.82, 2.24) is 15.7 Å². The molecule has 2 amide bonds. The second-order valence-corrected chi connectivity index (χ2v) is 7.80. The number of carbonyl (C=O) groups is 2. The maximum atomic E-state index is 12.3. The fourth-order valence-corrected chi connectivity index (χ4v) is 3.69. The molecular formula is C24H31N3O3. The fourth-order valence-electron chi connectivity index (χ4n) is 3.69. The summed E-state index contributed by atoms with van der Waals surface area (Å²) in [4.78, 5) is 24.5. The van der Waals surface area contributed by atoms with E-state index in [1.165, 1.54) is 5.56 Å². The lowest BCUT2D eigenvalue weighted by atomic mass is 9.94.